The number of aliphatic hydroxyl groups excluding tert-OH is 2. The lowest BCUT2D eigenvalue weighted by Crippen LogP contribution is -2.24. The van der Waals surface area contributed by atoms with E-state index in [2.05, 4.69) is 27.4 Å². The van der Waals surface area contributed by atoms with Crippen LogP contribution in [0.1, 0.15) is 38.3 Å². The number of unbranched alkanes of at least 4 members (excludes halogenated alkanes) is 3. The first kappa shape index (κ1) is 31.1. The highest BCUT2D eigenvalue weighted by Gasteiger charge is 2.37. The van der Waals surface area contributed by atoms with Crippen molar-refractivity contribution in [2.24, 2.45) is 0 Å². The number of nitrogens with zero attached hydrogens (tertiary/aromatic N) is 5. The molecule has 1 saturated heterocycles. The molecule has 4 heterocycles. The molecule has 0 spiro atoms. The van der Waals surface area contributed by atoms with Crippen molar-refractivity contribution in [1.29, 1.82) is 0 Å². The normalized spacial score (nSPS) is 18.5. The molecule has 232 valence electrons. The Morgan fingerprint density at radius 1 is 1.02 bits per heavy atom. The molecule has 44 heavy (non-hydrogen) atoms. The maximum absolute atomic E-state index is 10.4. The van der Waals surface area contributed by atoms with Crippen molar-refractivity contribution in [2.75, 3.05) is 37.6 Å². The van der Waals surface area contributed by atoms with Gasteiger partial charge in [0.1, 0.15) is 24.4 Å². The number of pyridine rings is 1. The molecule has 3 unspecified atom stereocenters. The molecule has 0 saturated carbocycles. The minimum Gasteiger partial charge on any atom is -0.497 e. The first-order chi connectivity index (χ1) is 21.5. The first-order valence-electron chi connectivity index (χ1n) is 14.7. The Labute approximate surface area is 268 Å². The number of imidazole rings is 1. The largest absolute Gasteiger partial charge is 0.497 e. The molecule has 2 aromatic carbocycles. The minimum atomic E-state index is -0.743. The number of hydrogen-bond donors (Lipinski definition) is 3. The molecule has 3 N–H and O–H groups in total. The molecule has 1 fully saturated rings. The molecular weight excluding hydrogens is 620 g/mol. The third kappa shape index (κ3) is 6.42. The lowest BCUT2D eigenvalue weighted by atomic mass is 10.1. The maximum atomic E-state index is 10.4. The van der Waals surface area contributed by atoms with Gasteiger partial charge in [-0.05, 0) is 42.9 Å². The Morgan fingerprint density at radius 2 is 1.77 bits per heavy atom. The molecule has 1 aliphatic heterocycles. The lowest BCUT2D eigenvalue weighted by Gasteiger charge is -2.16. The molecular formula is C31H35ClN6O4S2. The molecule has 0 bridgehead atoms. The molecule has 13 heteroatoms. The van der Waals surface area contributed by atoms with E-state index in [1.54, 1.807) is 25.9 Å². The van der Waals surface area contributed by atoms with Crippen LogP contribution in [0, 0.1) is 0 Å². The Kier molecular flexibility index (Phi) is 9.94. The van der Waals surface area contributed by atoms with Crippen molar-refractivity contribution < 1.29 is 19.7 Å². The fourth-order valence-corrected chi connectivity index (χ4v) is 7.91. The van der Waals surface area contributed by atoms with Crippen molar-refractivity contribution in [3.8, 4) is 5.75 Å². The summed E-state index contributed by atoms with van der Waals surface area (Å²) in [6.07, 6.45) is 4.40. The van der Waals surface area contributed by atoms with E-state index in [-0.39, 0.29) is 6.61 Å². The van der Waals surface area contributed by atoms with E-state index in [4.69, 9.17) is 31.0 Å². The number of halogens is 1. The van der Waals surface area contributed by atoms with Crippen LogP contribution < -0.4 is 10.1 Å². The number of fused-ring (bicyclic) bond motifs is 3. The van der Waals surface area contributed by atoms with Crippen molar-refractivity contribution in [3.05, 3.63) is 47.7 Å². The van der Waals surface area contributed by atoms with Gasteiger partial charge in [0.15, 0.2) is 22.1 Å². The van der Waals surface area contributed by atoms with Gasteiger partial charge in [-0.1, -0.05) is 42.3 Å². The number of rotatable bonds is 13. The van der Waals surface area contributed by atoms with E-state index in [1.165, 1.54) is 11.2 Å². The summed E-state index contributed by atoms with van der Waals surface area (Å²) in [7, 11) is 3.47. The fraction of sp³-hybridized carbons (Fsp3) is 0.419. The number of aromatic nitrogens is 5. The van der Waals surface area contributed by atoms with E-state index in [9.17, 15) is 10.2 Å². The quantitative estimate of drug-likeness (QED) is 0.0750. The number of anilines is 1. The molecule has 5 aromatic rings. The second-order valence-electron chi connectivity index (χ2n) is 10.6. The number of nitrogens with one attached hydrogen (secondary N) is 1. The third-order valence-corrected chi connectivity index (χ3v) is 10.3. The highest BCUT2D eigenvalue weighted by molar-refractivity contribution is 7.99. The summed E-state index contributed by atoms with van der Waals surface area (Å²) < 4.78 is 13.3. The number of aliphatic hydroxyl groups is 2. The van der Waals surface area contributed by atoms with Crippen molar-refractivity contribution in [2.45, 2.75) is 60.6 Å². The highest BCUT2D eigenvalue weighted by atomic mass is 35.5. The summed E-state index contributed by atoms with van der Waals surface area (Å²) in [5, 5.41) is 26.7. The molecule has 0 amide bonds. The third-order valence-electron chi connectivity index (χ3n) is 7.76. The first-order valence-corrected chi connectivity index (χ1v) is 17.0. The van der Waals surface area contributed by atoms with E-state index in [0.29, 0.717) is 28.4 Å². The lowest BCUT2D eigenvalue weighted by molar-refractivity contribution is -0.0457. The SMILES string of the molecule is CNc1ncnc2c1nc(SCCCCCCSc1c3ccc(Cl)cc3nc3cc(OC)ccc13)n2C1CC(O)C(CO)O1. The molecule has 6 rings (SSSR count). The number of hydrogen-bond acceptors (Lipinski definition) is 11. The standard InChI is InChI=1S/C31H35ClN6O4S2/c1-33-29-27-30(35-17-34-29)38(26-15-24(40)25(16-39)42-26)31(37-27)44-12-6-4-3-5-11-43-28-20-9-7-18(32)13-22(20)36-23-14-19(41-2)8-10-21(23)28/h7-10,13-14,17,24-26,39-40H,3-6,11-12,15-16H2,1-2H3,(H,33,34,35). The Bertz CT molecular complexity index is 1770. The van der Waals surface area contributed by atoms with Crippen LogP contribution in [0.5, 0.6) is 5.75 Å². The molecule has 3 atom stereocenters. The zero-order valence-electron chi connectivity index (χ0n) is 24.6. The van der Waals surface area contributed by atoms with Crippen LogP contribution in [-0.4, -0.2) is 79.2 Å². The Hall–Kier alpha value is -2.87. The van der Waals surface area contributed by atoms with Gasteiger partial charge >= 0.3 is 0 Å². The summed E-state index contributed by atoms with van der Waals surface area (Å²) >= 11 is 9.81. The average Bonchev–Trinajstić information content (AvgIpc) is 3.60. The van der Waals surface area contributed by atoms with Gasteiger partial charge < -0.3 is 25.0 Å². The summed E-state index contributed by atoms with van der Waals surface area (Å²) in [4.78, 5) is 19.7. The zero-order valence-corrected chi connectivity index (χ0v) is 27.0. The molecule has 1 aliphatic rings. The smallest absolute Gasteiger partial charge is 0.172 e. The van der Waals surface area contributed by atoms with E-state index in [0.717, 1.165) is 69.9 Å². The number of benzene rings is 2. The van der Waals surface area contributed by atoms with Crippen LogP contribution >= 0.6 is 35.1 Å². The van der Waals surface area contributed by atoms with Gasteiger partial charge in [0.2, 0.25) is 0 Å². The average molecular weight is 655 g/mol. The summed E-state index contributed by atoms with van der Waals surface area (Å²) in [6.45, 7) is -0.238. The molecule has 10 nitrogen and oxygen atoms in total. The predicted octanol–water partition coefficient (Wildman–Crippen LogP) is 6.32. The molecule has 3 aromatic heterocycles. The van der Waals surface area contributed by atoms with Crippen LogP contribution in [0.3, 0.4) is 0 Å². The molecule has 0 radical (unpaired) electrons. The number of ether oxygens (including phenoxy) is 2. The number of methoxy groups -OCH3 is 1. The fourth-order valence-electron chi connectivity index (χ4n) is 5.51. The van der Waals surface area contributed by atoms with Gasteiger partial charge in [-0.25, -0.2) is 19.9 Å². The van der Waals surface area contributed by atoms with Gasteiger partial charge in [-0.3, -0.25) is 4.57 Å². The second-order valence-corrected chi connectivity index (χ2v) is 13.2. The Morgan fingerprint density at radius 3 is 2.50 bits per heavy atom. The van der Waals surface area contributed by atoms with Gasteiger partial charge in [-0.15, -0.1) is 11.8 Å². The van der Waals surface area contributed by atoms with Crippen molar-refractivity contribution >= 4 is 73.9 Å². The van der Waals surface area contributed by atoms with Gasteiger partial charge in [-0.2, -0.15) is 0 Å². The van der Waals surface area contributed by atoms with E-state index < -0.39 is 18.4 Å². The van der Waals surface area contributed by atoms with Crippen molar-refractivity contribution in [1.82, 2.24) is 24.5 Å². The maximum Gasteiger partial charge on any atom is 0.172 e. The van der Waals surface area contributed by atoms with Crippen LogP contribution in [-0.2, 0) is 4.74 Å². The van der Waals surface area contributed by atoms with Crippen LogP contribution in [0.2, 0.25) is 5.02 Å². The topological polar surface area (TPSA) is 127 Å². The monoisotopic (exact) mass is 654 g/mol. The summed E-state index contributed by atoms with van der Waals surface area (Å²) in [5.74, 6) is 3.32. The van der Waals surface area contributed by atoms with Crippen LogP contribution in [0.15, 0.2) is 52.8 Å². The van der Waals surface area contributed by atoms with E-state index >= 15 is 0 Å². The van der Waals surface area contributed by atoms with Gasteiger partial charge in [0.25, 0.3) is 0 Å². The van der Waals surface area contributed by atoms with E-state index in [1.807, 2.05) is 40.6 Å². The number of thioether (sulfide) groups is 2. The van der Waals surface area contributed by atoms with Crippen LogP contribution in [0.25, 0.3) is 33.0 Å². The highest BCUT2D eigenvalue weighted by Crippen LogP contribution is 2.38. The molecule has 0 aliphatic carbocycles. The summed E-state index contributed by atoms with van der Waals surface area (Å²) in [6, 6.07) is 12.0. The minimum absolute atomic E-state index is 0.238. The van der Waals surface area contributed by atoms with Crippen LogP contribution in [0.4, 0.5) is 5.82 Å². The Balaban J connectivity index is 1.06. The zero-order chi connectivity index (χ0) is 30.6. The second kappa shape index (κ2) is 14.1. The van der Waals surface area contributed by atoms with Gasteiger partial charge in [0, 0.05) is 46.0 Å². The van der Waals surface area contributed by atoms with Crippen molar-refractivity contribution in [3.63, 3.8) is 0 Å². The predicted molar refractivity (Wildman–Crippen MR) is 177 cm³/mol. The van der Waals surface area contributed by atoms with Gasteiger partial charge in [0.05, 0.1) is 30.9 Å². The summed E-state index contributed by atoms with van der Waals surface area (Å²) in [5.41, 5.74) is 3.11.